The summed E-state index contributed by atoms with van der Waals surface area (Å²) in [6, 6.07) is 9.67. The maximum Gasteiger partial charge on any atom is 0.151 e. The lowest BCUT2D eigenvalue weighted by Crippen LogP contribution is -2.13. The molecule has 0 fully saturated rings. The van der Waals surface area contributed by atoms with Crippen LogP contribution in [0.1, 0.15) is 6.42 Å². The van der Waals surface area contributed by atoms with Crippen molar-refractivity contribution in [1.82, 2.24) is 14.6 Å². The van der Waals surface area contributed by atoms with Crippen LogP contribution in [0.5, 0.6) is 0 Å². The van der Waals surface area contributed by atoms with E-state index in [1.54, 1.807) is 0 Å². The van der Waals surface area contributed by atoms with Crippen LogP contribution in [0.25, 0.3) is 16.9 Å². The van der Waals surface area contributed by atoms with Gasteiger partial charge in [0.2, 0.25) is 0 Å². The average Bonchev–Trinajstić information content (AvgIpc) is 2.90. The molecular weight excluding hydrogens is 296 g/mol. The second-order valence-electron chi connectivity index (χ2n) is 5.14. The summed E-state index contributed by atoms with van der Waals surface area (Å²) < 4.78 is 1.81. The monoisotopic (exact) mass is 313 g/mol. The lowest BCUT2D eigenvalue weighted by atomic mass is 10.0. The number of hydrogen-bond donors (Lipinski definition) is 2. The van der Waals surface area contributed by atoms with Crippen LogP contribution >= 0.6 is 11.6 Å². The predicted molar refractivity (Wildman–Crippen MR) is 93.8 cm³/mol. The molecule has 0 amide bonds. The lowest BCUT2D eigenvalue weighted by molar-refractivity contribution is 0.852. The largest absolute Gasteiger partial charge is 0.370 e. The third-order valence-corrected chi connectivity index (χ3v) is 3.81. The molecule has 0 aliphatic carbocycles. The molecule has 0 saturated heterocycles. The van der Waals surface area contributed by atoms with Crippen molar-refractivity contribution in [2.75, 3.05) is 18.4 Å². The Labute approximate surface area is 134 Å². The summed E-state index contributed by atoms with van der Waals surface area (Å²) in [6.07, 6.45) is 2.71. The second kappa shape index (κ2) is 6.38. The molecule has 3 N–H and O–H groups in total. The molecule has 0 atom stereocenters. The number of nitrogens with two attached hydrogens (primary N) is 1. The van der Waals surface area contributed by atoms with Gasteiger partial charge in [-0.2, -0.15) is 9.61 Å². The molecule has 0 aliphatic heterocycles. The summed E-state index contributed by atoms with van der Waals surface area (Å²) in [4.78, 5) is 4.71. The molecule has 2 aromatic heterocycles. The third kappa shape index (κ3) is 2.80. The Kier molecular flexibility index (Phi) is 4.31. The first kappa shape index (κ1) is 14.9. The average molecular weight is 314 g/mol. The summed E-state index contributed by atoms with van der Waals surface area (Å²) >= 11 is 6.30. The molecule has 0 radical (unpaired) electrons. The third-order valence-electron chi connectivity index (χ3n) is 3.48. The van der Waals surface area contributed by atoms with Gasteiger partial charge in [0.15, 0.2) is 5.65 Å². The molecule has 0 unspecified atom stereocenters. The Morgan fingerprint density at radius 1 is 1.32 bits per heavy atom. The Bertz CT molecular complexity index is 802. The minimum atomic E-state index is 0.650. The zero-order chi connectivity index (χ0) is 15.5. The summed E-state index contributed by atoms with van der Waals surface area (Å²) in [5.41, 5.74) is 9.15. The smallest absolute Gasteiger partial charge is 0.151 e. The number of anilines is 1. The number of nitrogens with zero attached hydrogens (tertiary/aromatic N) is 3. The van der Waals surface area contributed by atoms with Crippen molar-refractivity contribution in [3.05, 3.63) is 41.6 Å². The quantitative estimate of drug-likeness (QED) is 0.546. The first-order valence-electron chi connectivity index (χ1n) is 7.25. The highest BCUT2D eigenvalue weighted by Crippen LogP contribution is 2.28. The van der Waals surface area contributed by atoms with Gasteiger partial charge in [-0.05, 0) is 24.5 Å². The van der Waals surface area contributed by atoms with Gasteiger partial charge in [-0.1, -0.05) is 29.8 Å². The highest BCUT2D eigenvalue weighted by Gasteiger charge is 2.12. The Morgan fingerprint density at radius 3 is 2.91 bits per heavy atom. The van der Waals surface area contributed by atoms with Crippen molar-refractivity contribution in [3.8, 4) is 11.3 Å². The number of halogens is 1. The number of benzene rings is 1. The van der Waals surface area contributed by atoms with Gasteiger partial charge in [0.1, 0.15) is 13.7 Å². The zero-order valence-corrected chi connectivity index (χ0v) is 13.1. The number of fused-ring (bicyclic) bond motifs is 1. The van der Waals surface area contributed by atoms with Crippen molar-refractivity contribution < 1.29 is 0 Å². The van der Waals surface area contributed by atoms with Gasteiger partial charge in [-0.3, -0.25) is 0 Å². The highest BCUT2D eigenvalue weighted by molar-refractivity contribution is 6.36. The maximum absolute atomic E-state index is 6.30. The molecule has 0 saturated carbocycles. The van der Waals surface area contributed by atoms with Crippen molar-refractivity contribution in [2.45, 2.75) is 6.42 Å². The van der Waals surface area contributed by atoms with Crippen LogP contribution in [-0.4, -0.2) is 35.5 Å². The molecule has 22 heavy (non-hydrogen) atoms. The normalized spacial score (nSPS) is 11.0. The summed E-state index contributed by atoms with van der Waals surface area (Å²) in [7, 11) is 2.00. The minimum Gasteiger partial charge on any atom is -0.370 e. The topological polar surface area (TPSA) is 68.2 Å². The minimum absolute atomic E-state index is 0.650. The van der Waals surface area contributed by atoms with Crippen LogP contribution < -0.4 is 16.5 Å². The van der Waals surface area contributed by atoms with Gasteiger partial charge in [-0.25, -0.2) is 4.98 Å². The number of hydrogen-bond acceptors (Lipinski definition) is 4. The van der Waals surface area contributed by atoms with Crippen molar-refractivity contribution in [2.24, 2.45) is 5.73 Å². The molecule has 7 heteroatoms. The standard InChI is InChI=1S/C15H17BClN5/c16-11-9-20-22-14(19-7-3-6-18)8-13(21-15(11)22)10-4-1-2-5-12(10)17/h1-2,4-5,8-9,19H,3,6-7,16,18H2. The van der Waals surface area contributed by atoms with Crippen molar-refractivity contribution in [3.63, 3.8) is 0 Å². The molecule has 0 bridgehead atoms. The molecular formula is C15H17BClN5. The molecule has 2 heterocycles. The molecule has 3 aromatic rings. The number of aromatic nitrogens is 3. The van der Waals surface area contributed by atoms with E-state index in [-0.39, 0.29) is 0 Å². The SMILES string of the molecule is Bc1cnn2c(NCCCN)cc(-c3ccccc3Cl)nc12. The van der Waals surface area contributed by atoms with E-state index in [0.717, 1.165) is 41.2 Å². The Balaban J connectivity index is 2.11. The van der Waals surface area contributed by atoms with Gasteiger partial charge in [0.05, 0.1) is 5.69 Å². The first-order chi connectivity index (χ1) is 10.7. The lowest BCUT2D eigenvalue weighted by Gasteiger charge is -2.11. The zero-order valence-electron chi connectivity index (χ0n) is 12.4. The first-order valence-corrected chi connectivity index (χ1v) is 7.62. The van der Waals surface area contributed by atoms with E-state index in [1.807, 2.05) is 48.9 Å². The van der Waals surface area contributed by atoms with E-state index < -0.39 is 0 Å². The van der Waals surface area contributed by atoms with Gasteiger partial charge in [0.25, 0.3) is 0 Å². The van der Waals surface area contributed by atoms with Crippen LogP contribution in [0.4, 0.5) is 5.82 Å². The molecule has 3 rings (SSSR count). The fourth-order valence-electron chi connectivity index (χ4n) is 2.32. The van der Waals surface area contributed by atoms with Crippen LogP contribution in [-0.2, 0) is 0 Å². The van der Waals surface area contributed by atoms with E-state index in [0.29, 0.717) is 11.6 Å². The van der Waals surface area contributed by atoms with E-state index in [4.69, 9.17) is 22.3 Å². The highest BCUT2D eigenvalue weighted by atomic mass is 35.5. The molecule has 5 nitrogen and oxygen atoms in total. The molecule has 1 aromatic carbocycles. The molecule has 0 aliphatic rings. The number of nitrogens with one attached hydrogen (secondary N) is 1. The van der Waals surface area contributed by atoms with Crippen molar-refractivity contribution >= 4 is 36.4 Å². The summed E-state index contributed by atoms with van der Waals surface area (Å²) in [5, 5.41) is 8.44. The van der Waals surface area contributed by atoms with Gasteiger partial charge < -0.3 is 11.1 Å². The van der Waals surface area contributed by atoms with Gasteiger partial charge >= 0.3 is 0 Å². The predicted octanol–water partition coefficient (Wildman–Crippen LogP) is 1.07. The summed E-state index contributed by atoms with van der Waals surface area (Å²) in [5.74, 6) is 0.890. The Morgan fingerprint density at radius 2 is 2.14 bits per heavy atom. The number of rotatable bonds is 5. The van der Waals surface area contributed by atoms with Crippen LogP contribution in [0.2, 0.25) is 5.02 Å². The van der Waals surface area contributed by atoms with Crippen LogP contribution in [0.15, 0.2) is 36.5 Å². The summed E-state index contributed by atoms with van der Waals surface area (Å²) in [6.45, 7) is 1.44. The van der Waals surface area contributed by atoms with Gasteiger partial charge in [0, 0.05) is 29.4 Å². The van der Waals surface area contributed by atoms with E-state index in [2.05, 4.69) is 10.4 Å². The maximum atomic E-state index is 6.30. The van der Waals surface area contributed by atoms with E-state index in [9.17, 15) is 0 Å². The molecule has 0 spiro atoms. The molecule has 112 valence electrons. The van der Waals surface area contributed by atoms with Crippen LogP contribution in [0.3, 0.4) is 0 Å². The van der Waals surface area contributed by atoms with Gasteiger partial charge in [-0.15, -0.1) is 0 Å². The fraction of sp³-hybridized carbons (Fsp3) is 0.200. The van der Waals surface area contributed by atoms with E-state index in [1.165, 1.54) is 0 Å². The second-order valence-corrected chi connectivity index (χ2v) is 5.55. The van der Waals surface area contributed by atoms with Crippen molar-refractivity contribution in [1.29, 1.82) is 0 Å². The Hall–Kier alpha value is -2.05. The van der Waals surface area contributed by atoms with E-state index >= 15 is 0 Å². The van der Waals surface area contributed by atoms with Crippen LogP contribution in [0, 0.1) is 0 Å². The fourth-order valence-corrected chi connectivity index (χ4v) is 2.56.